The van der Waals surface area contributed by atoms with E-state index in [-0.39, 0.29) is 5.91 Å². The van der Waals surface area contributed by atoms with Gasteiger partial charge in [0.2, 0.25) is 5.91 Å². The quantitative estimate of drug-likeness (QED) is 0.640. The Morgan fingerprint density at radius 1 is 1.35 bits per heavy atom. The van der Waals surface area contributed by atoms with Gasteiger partial charge in [-0.25, -0.2) is 0 Å². The van der Waals surface area contributed by atoms with E-state index >= 15 is 0 Å². The highest BCUT2D eigenvalue weighted by Gasteiger charge is 2.12. The summed E-state index contributed by atoms with van der Waals surface area (Å²) in [6.45, 7) is 5.37. The number of carbonyl (C=O) groups is 1. The zero-order valence-corrected chi connectivity index (χ0v) is 11.3. The van der Waals surface area contributed by atoms with Crippen molar-refractivity contribution < 1.29 is 4.79 Å². The van der Waals surface area contributed by atoms with Gasteiger partial charge >= 0.3 is 0 Å². The van der Waals surface area contributed by atoms with Gasteiger partial charge in [-0.05, 0) is 51.1 Å². The highest BCUT2D eigenvalue weighted by Crippen LogP contribution is 2.17. The molecule has 0 saturated carbocycles. The molecular weight excluding hydrogens is 212 g/mol. The lowest BCUT2D eigenvalue weighted by Gasteiger charge is -2.22. The van der Waals surface area contributed by atoms with Crippen LogP contribution in [-0.2, 0) is 4.79 Å². The maximum atomic E-state index is 11.4. The molecule has 1 heterocycles. The Bertz CT molecular complexity index is 200. The summed E-state index contributed by atoms with van der Waals surface area (Å²) in [6.07, 6.45) is 9.19. The molecule has 0 aromatic rings. The third-order valence-corrected chi connectivity index (χ3v) is 3.52. The number of piperidine rings is 1. The first kappa shape index (κ1) is 14.5. The molecule has 17 heavy (non-hydrogen) atoms. The van der Waals surface area contributed by atoms with Gasteiger partial charge < -0.3 is 10.6 Å². The van der Waals surface area contributed by atoms with Crippen LogP contribution in [0.2, 0.25) is 0 Å². The summed E-state index contributed by atoms with van der Waals surface area (Å²) in [5.74, 6) is 1.09. The van der Waals surface area contributed by atoms with Gasteiger partial charge in [0.05, 0.1) is 0 Å². The van der Waals surface area contributed by atoms with Crippen LogP contribution in [0, 0.1) is 5.92 Å². The molecular formula is C14H28N2O. The minimum Gasteiger partial charge on any atom is -0.356 e. The Labute approximate surface area is 106 Å². The first-order chi connectivity index (χ1) is 8.33. The largest absolute Gasteiger partial charge is 0.356 e. The molecule has 1 fully saturated rings. The molecule has 1 amide bonds. The van der Waals surface area contributed by atoms with Crippen LogP contribution in [0.4, 0.5) is 0 Å². The van der Waals surface area contributed by atoms with Crippen molar-refractivity contribution in [2.75, 3.05) is 19.6 Å². The molecule has 0 radical (unpaired) electrons. The van der Waals surface area contributed by atoms with Crippen LogP contribution in [0.15, 0.2) is 0 Å². The predicted molar refractivity (Wildman–Crippen MR) is 72.0 cm³/mol. The average molecular weight is 240 g/mol. The van der Waals surface area contributed by atoms with Crippen LogP contribution >= 0.6 is 0 Å². The fourth-order valence-corrected chi connectivity index (χ4v) is 2.38. The molecule has 100 valence electrons. The summed E-state index contributed by atoms with van der Waals surface area (Å²) in [5, 5.41) is 6.41. The lowest BCUT2D eigenvalue weighted by molar-refractivity contribution is -0.121. The van der Waals surface area contributed by atoms with Crippen molar-refractivity contribution in [1.82, 2.24) is 10.6 Å². The van der Waals surface area contributed by atoms with Gasteiger partial charge in [0.1, 0.15) is 0 Å². The summed E-state index contributed by atoms with van der Waals surface area (Å²) in [4.78, 5) is 11.4. The van der Waals surface area contributed by atoms with Crippen LogP contribution in [0.3, 0.4) is 0 Å². The lowest BCUT2D eigenvalue weighted by atomic mass is 9.93. The summed E-state index contributed by atoms with van der Waals surface area (Å²) in [5.41, 5.74) is 0. The second-order valence-electron chi connectivity index (χ2n) is 5.16. The Kier molecular flexibility index (Phi) is 8.06. The van der Waals surface area contributed by atoms with Crippen molar-refractivity contribution >= 4 is 5.91 Å². The van der Waals surface area contributed by atoms with Crippen molar-refractivity contribution in [3.63, 3.8) is 0 Å². The van der Waals surface area contributed by atoms with Crippen molar-refractivity contribution in [1.29, 1.82) is 0 Å². The second-order valence-corrected chi connectivity index (χ2v) is 5.16. The Balaban J connectivity index is 1.90. The smallest absolute Gasteiger partial charge is 0.219 e. The normalized spacial score (nSPS) is 20.2. The number of nitrogens with one attached hydrogen (secondary N) is 2. The minimum atomic E-state index is 0.236. The maximum Gasteiger partial charge on any atom is 0.219 e. The predicted octanol–water partition coefficient (Wildman–Crippen LogP) is 2.46. The summed E-state index contributed by atoms with van der Waals surface area (Å²) < 4.78 is 0. The van der Waals surface area contributed by atoms with Crippen molar-refractivity contribution in [3.8, 4) is 0 Å². The molecule has 1 atom stereocenters. The number of unbranched alkanes of at least 4 members (excludes halogenated alkanes) is 2. The highest BCUT2D eigenvalue weighted by atomic mass is 16.1. The molecule has 0 aromatic carbocycles. The van der Waals surface area contributed by atoms with Crippen molar-refractivity contribution in [2.45, 2.75) is 58.3 Å². The van der Waals surface area contributed by atoms with E-state index in [2.05, 4.69) is 17.6 Å². The third-order valence-electron chi connectivity index (χ3n) is 3.52. The Morgan fingerprint density at radius 3 is 2.94 bits per heavy atom. The van der Waals surface area contributed by atoms with E-state index in [4.69, 9.17) is 0 Å². The maximum absolute atomic E-state index is 11.4. The summed E-state index contributed by atoms with van der Waals surface area (Å²) >= 11 is 0. The number of hydrogen-bond donors (Lipinski definition) is 2. The zero-order chi connectivity index (χ0) is 12.3. The van der Waals surface area contributed by atoms with E-state index in [9.17, 15) is 4.79 Å². The van der Waals surface area contributed by atoms with Crippen molar-refractivity contribution in [3.05, 3.63) is 0 Å². The van der Waals surface area contributed by atoms with Crippen LogP contribution in [0.25, 0.3) is 0 Å². The third kappa shape index (κ3) is 7.37. The number of hydrogen-bond acceptors (Lipinski definition) is 2. The number of amides is 1. The topological polar surface area (TPSA) is 41.1 Å². The lowest BCUT2D eigenvalue weighted by Crippen LogP contribution is -2.29. The van der Waals surface area contributed by atoms with E-state index in [0.29, 0.717) is 6.42 Å². The van der Waals surface area contributed by atoms with Crippen LogP contribution in [0.5, 0.6) is 0 Å². The molecule has 3 heteroatoms. The molecule has 2 N–H and O–H groups in total. The molecule has 1 aliphatic rings. The second kappa shape index (κ2) is 9.46. The van der Waals surface area contributed by atoms with Gasteiger partial charge in [0.25, 0.3) is 0 Å². The molecule has 1 rings (SSSR count). The van der Waals surface area contributed by atoms with Gasteiger partial charge in [-0.1, -0.05) is 19.8 Å². The standard InChI is InChI=1S/C14H28N2O/c1-2-3-11-16-14(17)9-5-4-7-13-8-6-10-15-12-13/h13,15H,2-12H2,1H3,(H,16,17). The van der Waals surface area contributed by atoms with Gasteiger partial charge in [-0.15, -0.1) is 0 Å². The van der Waals surface area contributed by atoms with E-state index in [1.807, 2.05) is 0 Å². The molecule has 0 spiro atoms. The molecule has 3 nitrogen and oxygen atoms in total. The van der Waals surface area contributed by atoms with Gasteiger partial charge in [-0.3, -0.25) is 4.79 Å². The van der Waals surface area contributed by atoms with Crippen LogP contribution in [-0.4, -0.2) is 25.5 Å². The fourth-order valence-electron chi connectivity index (χ4n) is 2.38. The Hall–Kier alpha value is -0.570. The van der Waals surface area contributed by atoms with E-state index in [0.717, 1.165) is 31.7 Å². The van der Waals surface area contributed by atoms with Crippen LogP contribution < -0.4 is 10.6 Å². The highest BCUT2D eigenvalue weighted by molar-refractivity contribution is 5.75. The van der Waals surface area contributed by atoms with Gasteiger partial charge in [-0.2, -0.15) is 0 Å². The molecule has 0 bridgehead atoms. The molecule has 0 aliphatic carbocycles. The minimum absolute atomic E-state index is 0.236. The van der Waals surface area contributed by atoms with Gasteiger partial charge in [0.15, 0.2) is 0 Å². The summed E-state index contributed by atoms with van der Waals surface area (Å²) in [6, 6.07) is 0. The van der Waals surface area contributed by atoms with E-state index < -0.39 is 0 Å². The molecule has 0 aromatic heterocycles. The monoisotopic (exact) mass is 240 g/mol. The molecule has 1 saturated heterocycles. The zero-order valence-electron chi connectivity index (χ0n) is 11.3. The molecule has 1 unspecified atom stereocenters. The Morgan fingerprint density at radius 2 is 2.24 bits per heavy atom. The van der Waals surface area contributed by atoms with E-state index in [1.165, 1.54) is 38.8 Å². The summed E-state index contributed by atoms with van der Waals surface area (Å²) in [7, 11) is 0. The number of rotatable bonds is 8. The average Bonchev–Trinajstić information content (AvgIpc) is 2.36. The van der Waals surface area contributed by atoms with Crippen LogP contribution in [0.1, 0.15) is 58.3 Å². The SMILES string of the molecule is CCCCNC(=O)CCCCC1CCCNC1. The molecule has 1 aliphatic heterocycles. The van der Waals surface area contributed by atoms with E-state index in [1.54, 1.807) is 0 Å². The van der Waals surface area contributed by atoms with Gasteiger partial charge in [0, 0.05) is 13.0 Å². The number of carbonyl (C=O) groups excluding carboxylic acids is 1. The van der Waals surface area contributed by atoms with Crippen molar-refractivity contribution in [2.24, 2.45) is 5.92 Å². The first-order valence-corrected chi connectivity index (χ1v) is 7.30. The first-order valence-electron chi connectivity index (χ1n) is 7.30. The fraction of sp³-hybridized carbons (Fsp3) is 0.929.